The van der Waals surface area contributed by atoms with E-state index in [1.54, 1.807) is 13.0 Å². The Kier molecular flexibility index (Phi) is 5.06. The molecule has 0 atom stereocenters. The topological polar surface area (TPSA) is 51.1 Å². The number of rotatable bonds is 4. The minimum atomic E-state index is -0.494. The predicted octanol–water partition coefficient (Wildman–Crippen LogP) is 3.73. The monoisotopic (exact) mass is 368 g/mol. The average molecular weight is 369 g/mol. The molecule has 0 bridgehead atoms. The zero-order valence-corrected chi connectivity index (χ0v) is 14.8. The van der Waals surface area contributed by atoms with Gasteiger partial charge in [-0.15, -0.1) is 0 Å². The molecular weight excluding hydrogens is 351 g/mol. The Bertz CT molecular complexity index is 824. The summed E-state index contributed by atoms with van der Waals surface area (Å²) in [7, 11) is 0. The van der Waals surface area contributed by atoms with E-state index in [0.29, 0.717) is 16.1 Å². The zero-order valence-electron chi connectivity index (χ0n) is 13.3. The van der Waals surface area contributed by atoms with Gasteiger partial charge in [0.15, 0.2) is 0 Å². The molecule has 0 radical (unpaired) electrons. The van der Waals surface area contributed by atoms with Crippen LogP contribution in [0.25, 0.3) is 0 Å². The van der Waals surface area contributed by atoms with Gasteiger partial charge in [-0.25, -0.2) is 4.39 Å². The number of hydrogen-bond acceptors (Lipinski definition) is 3. The molecule has 1 aromatic carbocycles. The van der Waals surface area contributed by atoms with Crippen LogP contribution >= 0.6 is 22.9 Å². The summed E-state index contributed by atoms with van der Waals surface area (Å²) in [5, 5.41) is 3.03. The van der Waals surface area contributed by atoms with Crippen molar-refractivity contribution in [3.63, 3.8) is 0 Å². The Balaban J connectivity index is 1.81. The van der Waals surface area contributed by atoms with E-state index in [1.807, 2.05) is 0 Å². The minimum Gasteiger partial charge on any atom is -0.349 e. The molecule has 0 aliphatic heterocycles. The fourth-order valence-corrected chi connectivity index (χ4v) is 4.11. The molecule has 1 N–H and O–H groups in total. The van der Waals surface area contributed by atoms with Crippen LogP contribution in [0.1, 0.15) is 46.6 Å². The molecule has 1 aliphatic carbocycles. The summed E-state index contributed by atoms with van der Waals surface area (Å²) in [5.74, 6) is -0.677. The molecular formula is C17H18ClFN2O2S. The van der Waals surface area contributed by atoms with Crippen molar-refractivity contribution in [3.05, 3.63) is 54.8 Å². The number of benzene rings is 1. The van der Waals surface area contributed by atoms with Gasteiger partial charge in [-0.1, -0.05) is 41.8 Å². The number of carbonyl (C=O) groups is 1. The summed E-state index contributed by atoms with van der Waals surface area (Å²) < 4.78 is 14.8. The second-order valence-corrected chi connectivity index (χ2v) is 7.44. The summed E-state index contributed by atoms with van der Waals surface area (Å²) in [6.45, 7) is 2.02. The normalized spacial score (nSPS) is 15.0. The molecule has 128 valence electrons. The highest BCUT2D eigenvalue weighted by molar-refractivity contribution is 7.11. The second-order valence-electron chi connectivity index (χ2n) is 6.07. The molecule has 3 rings (SSSR count). The van der Waals surface area contributed by atoms with Crippen LogP contribution < -0.4 is 10.2 Å². The highest BCUT2D eigenvalue weighted by Gasteiger charge is 2.22. The van der Waals surface area contributed by atoms with Crippen molar-refractivity contribution in [1.82, 2.24) is 9.88 Å². The quantitative estimate of drug-likeness (QED) is 0.893. The van der Waals surface area contributed by atoms with Crippen LogP contribution in [0.15, 0.2) is 23.0 Å². The van der Waals surface area contributed by atoms with E-state index >= 15 is 0 Å². The number of thiazole rings is 1. The summed E-state index contributed by atoms with van der Waals surface area (Å²) in [5.41, 5.74) is 1.34. The second kappa shape index (κ2) is 7.07. The number of hydrogen-bond donors (Lipinski definition) is 1. The van der Waals surface area contributed by atoms with Gasteiger partial charge in [-0.05, 0) is 37.5 Å². The standard InChI is InChI=1S/C17H18ClFN2O2S/c1-10-15(16(22)20-12-4-2-3-5-12)24-17(23)21(10)9-11-6-7-14(19)13(18)8-11/h6-8,12H,2-5,9H2,1H3,(H,20,22). The molecule has 1 aromatic heterocycles. The molecule has 1 aliphatic rings. The van der Waals surface area contributed by atoms with Crippen LogP contribution in [0.4, 0.5) is 4.39 Å². The van der Waals surface area contributed by atoms with Gasteiger partial charge >= 0.3 is 4.87 Å². The fourth-order valence-electron chi connectivity index (χ4n) is 3.01. The molecule has 0 saturated heterocycles. The minimum absolute atomic E-state index is 0.0210. The van der Waals surface area contributed by atoms with E-state index in [9.17, 15) is 14.0 Å². The van der Waals surface area contributed by atoms with E-state index in [0.717, 1.165) is 37.0 Å². The molecule has 1 heterocycles. The van der Waals surface area contributed by atoms with Gasteiger partial charge in [-0.2, -0.15) is 0 Å². The number of amides is 1. The Morgan fingerprint density at radius 2 is 2.12 bits per heavy atom. The Hall–Kier alpha value is -1.66. The number of nitrogens with one attached hydrogen (secondary N) is 1. The molecule has 2 aromatic rings. The van der Waals surface area contributed by atoms with Gasteiger partial charge in [0.1, 0.15) is 10.7 Å². The van der Waals surface area contributed by atoms with Gasteiger partial charge in [-0.3, -0.25) is 14.2 Å². The number of carbonyl (C=O) groups excluding carboxylic acids is 1. The fraction of sp³-hybridized carbons (Fsp3) is 0.412. The first-order valence-electron chi connectivity index (χ1n) is 7.90. The Labute approximate surface area is 148 Å². The lowest BCUT2D eigenvalue weighted by atomic mass is 10.2. The van der Waals surface area contributed by atoms with Crippen molar-refractivity contribution in [1.29, 1.82) is 0 Å². The molecule has 1 saturated carbocycles. The van der Waals surface area contributed by atoms with Crippen LogP contribution in [0.5, 0.6) is 0 Å². The maximum absolute atomic E-state index is 13.2. The largest absolute Gasteiger partial charge is 0.349 e. The molecule has 7 heteroatoms. The molecule has 1 amide bonds. The Morgan fingerprint density at radius 3 is 2.79 bits per heavy atom. The first-order chi connectivity index (χ1) is 11.5. The van der Waals surface area contributed by atoms with E-state index in [4.69, 9.17) is 11.6 Å². The van der Waals surface area contributed by atoms with Crippen LogP contribution in [-0.2, 0) is 6.54 Å². The first kappa shape index (κ1) is 17.2. The van der Waals surface area contributed by atoms with Gasteiger partial charge in [0.25, 0.3) is 5.91 Å². The molecule has 1 fully saturated rings. The van der Waals surface area contributed by atoms with E-state index in [1.165, 1.54) is 16.7 Å². The predicted molar refractivity (Wildman–Crippen MR) is 93.6 cm³/mol. The van der Waals surface area contributed by atoms with Gasteiger partial charge in [0.2, 0.25) is 0 Å². The molecule has 4 nitrogen and oxygen atoms in total. The maximum Gasteiger partial charge on any atom is 0.308 e. The Morgan fingerprint density at radius 1 is 1.42 bits per heavy atom. The van der Waals surface area contributed by atoms with Crippen molar-refractivity contribution in [3.8, 4) is 0 Å². The number of halogens is 2. The van der Waals surface area contributed by atoms with Crippen molar-refractivity contribution in [2.24, 2.45) is 0 Å². The van der Waals surface area contributed by atoms with Crippen molar-refractivity contribution in [2.45, 2.75) is 45.2 Å². The highest BCUT2D eigenvalue weighted by Crippen LogP contribution is 2.21. The van der Waals surface area contributed by atoms with E-state index < -0.39 is 5.82 Å². The summed E-state index contributed by atoms with van der Waals surface area (Å²) in [4.78, 5) is 24.9. The van der Waals surface area contributed by atoms with Crippen molar-refractivity contribution < 1.29 is 9.18 Å². The smallest absolute Gasteiger partial charge is 0.308 e. The lowest BCUT2D eigenvalue weighted by Gasteiger charge is -2.11. The summed E-state index contributed by atoms with van der Waals surface area (Å²) >= 11 is 6.73. The average Bonchev–Trinajstić information content (AvgIpc) is 3.14. The van der Waals surface area contributed by atoms with Crippen LogP contribution in [0, 0.1) is 12.7 Å². The van der Waals surface area contributed by atoms with Crippen LogP contribution in [0.3, 0.4) is 0 Å². The van der Waals surface area contributed by atoms with Gasteiger partial charge in [0.05, 0.1) is 11.6 Å². The molecule has 0 spiro atoms. The highest BCUT2D eigenvalue weighted by atomic mass is 35.5. The van der Waals surface area contributed by atoms with Gasteiger partial charge < -0.3 is 5.32 Å². The third-order valence-electron chi connectivity index (χ3n) is 4.36. The zero-order chi connectivity index (χ0) is 17.3. The lowest BCUT2D eigenvalue weighted by molar-refractivity contribution is 0.0941. The third kappa shape index (κ3) is 3.54. The number of aromatic nitrogens is 1. The van der Waals surface area contributed by atoms with Crippen molar-refractivity contribution >= 4 is 28.8 Å². The van der Waals surface area contributed by atoms with Crippen LogP contribution in [-0.4, -0.2) is 16.5 Å². The third-order valence-corrected chi connectivity index (χ3v) is 5.73. The SMILES string of the molecule is Cc1c(C(=O)NC2CCCC2)sc(=O)n1Cc1ccc(F)c(Cl)c1. The first-order valence-corrected chi connectivity index (χ1v) is 9.10. The molecule has 0 unspecified atom stereocenters. The van der Waals surface area contributed by atoms with Crippen LogP contribution in [0.2, 0.25) is 5.02 Å². The molecule has 24 heavy (non-hydrogen) atoms. The van der Waals surface area contributed by atoms with E-state index in [2.05, 4.69) is 5.32 Å². The van der Waals surface area contributed by atoms with E-state index in [-0.39, 0.29) is 28.4 Å². The van der Waals surface area contributed by atoms with Gasteiger partial charge in [0, 0.05) is 11.7 Å². The lowest BCUT2D eigenvalue weighted by Crippen LogP contribution is -2.32. The number of nitrogens with zero attached hydrogens (tertiary/aromatic N) is 1. The summed E-state index contributed by atoms with van der Waals surface area (Å²) in [6.07, 6.45) is 4.25. The summed E-state index contributed by atoms with van der Waals surface area (Å²) in [6, 6.07) is 4.57. The van der Waals surface area contributed by atoms with Crippen molar-refractivity contribution in [2.75, 3.05) is 0 Å². The maximum atomic E-state index is 13.2.